The molecule has 30 heavy (non-hydrogen) atoms. The molecule has 1 heterocycles. The van der Waals surface area contributed by atoms with Crippen molar-refractivity contribution in [2.75, 3.05) is 0 Å². The van der Waals surface area contributed by atoms with Gasteiger partial charge in [0.05, 0.1) is 14.5 Å². The van der Waals surface area contributed by atoms with Crippen LogP contribution in [0.1, 0.15) is 41.6 Å². The van der Waals surface area contributed by atoms with Crippen LogP contribution in [-0.2, 0) is 9.53 Å². The van der Waals surface area contributed by atoms with Crippen LogP contribution in [0.4, 0.5) is 0 Å². The van der Waals surface area contributed by atoms with Gasteiger partial charge in [-0.05, 0) is 50.9 Å². The molecule has 0 bridgehead atoms. The second-order valence-corrected chi connectivity index (χ2v) is 8.28. The maximum Gasteiger partial charge on any atom is 0.303 e. The van der Waals surface area contributed by atoms with E-state index in [1.807, 2.05) is 0 Å². The lowest BCUT2D eigenvalue weighted by atomic mass is 9.65. The van der Waals surface area contributed by atoms with Crippen LogP contribution in [0.25, 0.3) is 11.0 Å². The van der Waals surface area contributed by atoms with Crippen molar-refractivity contribution in [1.29, 1.82) is 0 Å². The van der Waals surface area contributed by atoms with Crippen LogP contribution in [-0.4, -0.2) is 48.2 Å². The summed E-state index contributed by atoms with van der Waals surface area (Å²) in [4.78, 5) is 25.0. The molecule has 0 aliphatic rings. The molecule has 142 valence electrons. The SMILES string of the molecule is [B]c1c([B])c([B])c2c(C(=O)c3cc(Br)c(O)c(Br)c3)c(C(C)OC(C)=O)oc2c1[B]. The highest BCUT2D eigenvalue weighted by Gasteiger charge is 2.30. The minimum atomic E-state index is -0.931. The number of hydrogen-bond acceptors (Lipinski definition) is 5. The van der Waals surface area contributed by atoms with E-state index in [2.05, 4.69) is 31.9 Å². The molecule has 0 aliphatic heterocycles. The molecule has 2 aromatic carbocycles. The molecular weight excluding hydrogens is 511 g/mol. The van der Waals surface area contributed by atoms with Gasteiger partial charge in [0.2, 0.25) is 0 Å². The molecule has 1 unspecified atom stereocenters. The zero-order valence-corrected chi connectivity index (χ0v) is 19.0. The molecule has 0 fully saturated rings. The third-order valence-electron chi connectivity index (χ3n) is 4.54. The van der Waals surface area contributed by atoms with Crippen molar-refractivity contribution in [3.05, 3.63) is 38.0 Å². The lowest BCUT2D eigenvalue weighted by molar-refractivity contribution is -0.146. The summed E-state index contributed by atoms with van der Waals surface area (Å²) in [6.45, 7) is 2.77. The Balaban J connectivity index is 2.38. The first-order valence-electron chi connectivity index (χ1n) is 8.53. The molecular formula is C19H10B4Br2O5. The average Bonchev–Trinajstić information content (AvgIpc) is 3.08. The van der Waals surface area contributed by atoms with E-state index in [1.165, 1.54) is 26.0 Å². The van der Waals surface area contributed by atoms with Crippen molar-refractivity contribution in [3.8, 4) is 5.75 Å². The van der Waals surface area contributed by atoms with Crippen molar-refractivity contribution in [1.82, 2.24) is 0 Å². The van der Waals surface area contributed by atoms with E-state index >= 15 is 0 Å². The van der Waals surface area contributed by atoms with E-state index in [4.69, 9.17) is 40.5 Å². The summed E-state index contributed by atoms with van der Waals surface area (Å²) >= 11 is 6.40. The monoisotopic (exact) mass is 520 g/mol. The first kappa shape index (κ1) is 22.8. The second-order valence-electron chi connectivity index (χ2n) is 6.57. The topological polar surface area (TPSA) is 76.7 Å². The fourth-order valence-corrected chi connectivity index (χ4v) is 4.28. The quantitative estimate of drug-likeness (QED) is 0.311. The van der Waals surface area contributed by atoms with Crippen LogP contribution < -0.4 is 21.9 Å². The minimum absolute atomic E-state index is 0.00889. The average molecular weight is 521 g/mol. The number of rotatable bonds is 4. The Kier molecular flexibility index (Phi) is 6.35. The van der Waals surface area contributed by atoms with E-state index < -0.39 is 17.9 Å². The third-order valence-corrected chi connectivity index (χ3v) is 5.75. The number of ether oxygens (including phenoxy) is 1. The number of carbonyl (C=O) groups excluding carboxylic acids is 2. The van der Waals surface area contributed by atoms with Crippen LogP contribution in [0, 0.1) is 0 Å². The molecule has 0 saturated carbocycles. The van der Waals surface area contributed by atoms with Gasteiger partial charge in [0.1, 0.15) is 42.7 Å². The van der Waals surface area contributed by atoms with E-state index in [0.29, 0.717) is 8.95 Å². The van der Waals surface area contributed by atoms with Crippen LogP contribution >= 0.6 is 31.9 Å². The predicted octanol–water partition coefficient (Wildman–Crippen LogP) is 0.694. The van der Waals surface area contributed by atoms with Gasteiger partial charge in [0.25, 0.3) is 0 Å². The normalized spacial score (nSPS) is 12.1. The molecule has 3 aromatic rings. The number of carbonyl (C=O) groups is 2. The van der Waals surface area contributed by atoms with Gasteiger partial charge in [0.15, 0.2) is 17.6 Å². The van der Waals surface area contributed by atoms with E-state index in [9.17, 15) is 14.7 Å². The lowest BCUT2D eigenvalue weighted by Gasteiger charge is -2.13. The highest BCUT2D eigenvalue weighted by molar-refractivity contribution is 9.11. The predicted molar refractivity (Wildman–Crippen MR) is 125 cm³/mol. The maximum absolute atomic E-state index is 13.5. The van der Waals surface area contributed by atoms with Gasteiger partial charge in [-0.3, -0.25) is 9.59 Å². The molecule has 0 saturated heterocycles. The van der Waals surface area contributed by atoms with Gasteiger partial charge < -0.3 is 14.3 Å². The summed E-state index contributed by atoms with van der Waals surface area (Å²) in [7, 11) is 24.1. The summed E-state index contributed by atoms with van der Waals surface area (Å²) in [5.41, 5.74) is 0.345. The lowest BCUT2D eigenvalue weighted by Crippen LogP contribution is -2.47. The number of phenolic OH excluding ortho intramolecular Hbond substituents is 1. The highest BCUT2D eigenvalue weighted by atomic mass is 79.9. The fraction of sp³-hybridized carbons (Fsp3) is 0.158. The Morgan fingerprint density at radius 1 is 1.03 bits per heavy atom. The van der Waals surface area contributed by atoms with E-state index in [-0.39, 0.29) is 55.5 Å². The first-order chi connectivity index (χ1) is 14.0. The molecule has 3 rings (SSSR count). The number of halogens is 2. The third kappa shape index (κ3) is 3.78. The Morgan fingerprint density at radius 3 is 2.10 bits per heavy atom. The largest absolute Gasteiger partial charge is 0.506 e. The molecule has 1 atom stereocenters. The number of ketones is 1. The molecule has 0 spiro atoms. The number of aromatic hydroxyl groups is 1. The zero-order chi connectivity index (χ0) is 22.5. The van der Waals surface area contributed by atoms with Gasteiger partial charge >= 0.3 is 5.97 Å². The summed E-state index contributed by atoms with van der Waals surface area (Å²) in [6.07, 6.45) is -0.931. The molecule has 5 nitrogen and oxygen atoms in total. The second kappa shape index (κ2) is 8.35. The number of fused-ring (bicyclic) bond motifs is 1. The standard InChI is InChI=1S/C19H10B4Br2O5/c1-5(29-6(2)26)18-11(16(27)7-3-8(24)17(28)9(25)4-7)10-12(20)13(21)14(22)15(23)19(10)30-18/h3-5,28H,1-2H3. The Bertz CT molecular complexity index is 1200. The number of phenols is 1. The molecule has 0 amide bonds. The van der Waals surface area contributed by atoms with Gasteiger partial charge in [-0.25, -0.2) is 0 Å². The summed E-state index contributed by atoms with van der Waals surface area (Å²) in [5, 5.41) is 10.1. The highest BCUT2D eigenvalue weighted by Crippen LogP contribution is 2.36. The van der Waals surface area contributed by atoms with E-state index in [0.717, 1.165) is 0 Å². The van der Waals surface area contributed by atoms with Crippen molar-refractivity contribution < 1.29 is 23.8 Å². The van der Waals surface area contributed by atoms with Gasteiger partial charge in [-0.2, -0.15) is 0 Å². The van der Waals surface area contributed by atoms with Crippen molar-refractivity contribution in [3.63, 3.8) is 0 Å². The summed E-state index contributed by atoms with van der Waals surface area (Å²) in [5.74, 6) is -1.12. The van der Waals surface area contributed by atoms with Crippen LogP contribution in [0.2, 0.25) is 0 Å². The van der Waals surface area contributed by atoms with Crippen LogP contribution in [0.3, 0.4) is 0 Å². The van der Waals surface area contributed by atoms with Gasteiger partial charge in [-0.1, -0.05) is 10.9 Å². The summed E-state index contributed by atoms with van der Waals surface area (Å²) in [6, 6.07) is 2.86. The fourth-order valence-electron chi connectivity index (χ4n) is 3.10. The molecule has 1 aromatic heterocycles. The summed E-state index contributed by atoms with van der Waals surface area (Å²) < 4.78 is 11.6. The van der Waals surface area contributed by atoms with Gasteiger partial charge in [-0.15, -0.1) is 10.9 Å². The van der Waals surface area contributed by atoms with Gasteiger partial charge in [0, 0.05) is 17.9 Å². The zero-order valence-electron chi connectivity index (χ0n) is 15.9. The minimum Gasteiger partial charge on any atom is -0.506 e. The van der Waals surface area contributed by atoms with Crippen molar-refractivity contribution >= 4 is 108 Å². The number of furan rings is 1. The molecule has 0 aliphatic carbocycles. The molecule has 8 radical (unpaired) electrons. The van der Waals surface area contributed by atoms with Crippen molar-refractivity contribution in [2.24, 2.45) is 0 Å². The Labute approximate surface area is 194 Å². The molecule has 11 heteroatoms. The first-order valence-corrected chi connectivity index (χ1v) is 10.1. The molecule has 1 N–H and O–H groups in total. The van der Waals surface area contributed by atoms with Crippen LogP contribution in [0.5, 0.6) is 5.75 Å². The maximum atomic E-state index is 13.5. The van der Waals surface area contributed by atoms with Crippen molar-refractivity contribution in [2.45, 2.75) is 20.0 Å². The number of hydrogen-bond donors (Lipinski definition) is 1. The van der Waals surface area contributed by atoms with Crippen LogP contribution in [0.15, 0.2) is 25.5 Å². The smallest absolute Gasteiger partial charge is 0.303 e. The number of esters is 1. The Hall–Kier alpha value is -1.86. The Morgan fingerprint density at radius 2 is 1.57 bits per heavy atom. The van der Waals surface area contributed by atoms with E-state index in [1.54, 1.807) is 0 Å². The number of benzene rings is 2.